The number of thiocarbonyl (C=S) groups is 1. The molecule has 1 fully saturated rings. The lowest BCUT2D eigenvalue weighted by molar-refractivity contribution is -0.131. The van der Waals surface area contributed by atoms with Crippen molar-refractivity contribution in [1.29, 1.82) is 0 Å². The molecule has 0 bridgehead atoms. The van der Waals surface area contributed by atoms with Crippen LogP contribution in [0.5, 0.6) is 0 Å². The largest absolute Gasteiger partial charge is 0.393 e. The van der Waals surface area contributed by atoms with Gasteiger partial charge in [0.05, 0.1) is 18.0 Å². The maximum absolute atomic E-state index is 11.5. The highest BCUT2D eigenvalue weighted by Gasteiger charge is 2.17. The molecule has 1 aliphatic rings. The summed E-state index contributed by atoms with van der Waals surface area (Å²) in [4.78, 5) is 24.5. The molecule has 0 unspecified atom stereocenters. The minimum Gasteiger partial charge on any atom is -0.393 e. The van der Waals surface area contributed by atoms with Crippen molar-refractivity contribution < 1.29 is 9.59 Å². The molecule has 0 atom stereocenters. The molecule has 3 N–H and O–H groups in total. The second kappa shape index (κ2) is 5.65. The smallest absolute Gasteiger partial charge is 0.241 e. The third kappa shape index (κ3) is 4.24. The first kappa shape index (κ1) is 11.9. The van der Waals surface area contributed by atoms with Gasteiger partial charge in [-0.2, -0.15) is 0 Å². The molecule has 0 aromatic rings. The second-order valence-corrected chi connectivity index (χ2v) is 4.03. The van der Waals surface area contributed by atoms with Crippen molar-refractivity contribution in [3.05, 3.63) is 0 Å². The molecule has 84 valence electrons. The van der Waals surface area contributed by atoms with Crippen molar-refractivity contribution in [1.82, 2.24) is 10.2 Å². The minimum atomic E-state index is -0.296. The Hall–Kier alpha value is -1.17. The molecule has 0 aromatic heterocycles. The first-order valence-corrected chi connectivity index (χ1v) is 5.33. The van der Waals surface area contributed by atoms with E-state index in [1.54, 1.807) is 4.90 Å². The zero-order valence-corrected chi connectivity index (χ0v) is 9.31. The van der Waals surface area contributed by atoms with Crippen LogP contribution in [0.2, 0.25) is 0 Å². The van der Waals surface area contributed by atoms with Crippen molar-refractivity contribution >= 4 is 29.0 Å². The van der Waals surface area contributed by atoms with E-state index in [1.807, 2.05) is 0 Å². The Morgan fingerprint density at radius 2 is 1.93 bits per heavy atom. The molecule has 2 amide bonds. The minimum absolute atomic E-state index is 0.00259. The van der Waals surface area contributed by atoms with E-state index in [4.69, 9.17) is 5.73 Å². The van der Waals surface area contributed by atoms with E-state index in [-0.39, 0.29) is 29.8 Å². The van der Waals surface area contributed by atoms with Crippen molar-refractivity contribution in [2.75, 3.05) is 19.6 Å². The molecule has 1 saturated heterocycles. The number of rotatable bonds is 4. The molecule has 0 spiro atoms. The van der Waals surface area contributed by atoms with Crippen molar-refractivity contribution in [3.63, 3.8) is 0 Å². The number of nitrogens with two attached hydrogens (primary N) is 1. The molecule has 1 rings (SSSR count). The average molecular weight is 229 g/mol. The molecule has 0 aliphatic carbocycles. The molecule has 0 saturated carbocycles. The van der Waals surface area contributed by atoms with Crippen LogP contribution in [0, 0.1) is 0 Å². The fourth-order valence-corrected chi connectivity index (χ4v) is 1.60. The molecular formula is C9H15N3O2S. The van der Waals surface area contributed by atoms with Gasteiger partial charge in [0.25, 0.3) is 0 Å². The Morgan fingerprint density at radius 3 is 2.47 bits per heavy atom. The van der Waals surface area contributed by atoms with Gasteiger partial charge in [-0.3, -0.25) is 9.59 Å². The third-order valence-corrected chi connectivity index (χ3v) is 2.37. The summed E-state index contributed by atoms with van der Waals surface area (Å²) in [5.74, 6) is -0.334. The van der Waals surface area contributed by atoms with Gasteiger partial charge in [0, 0.05) is 13.1 Å². The molecule has 6 heteroatoms. The lowest BCUT2D eigenvalue weighted by Gasteiger charge is -2.15. The number of nitrogens with zero attached hydrogens (tertiary/aromatic N) is 1. The van der Waals surface area contributed by atoms with Gasteiger partial charge in [-0.05, 0) is 12.8 Å². The number of nitrogens with one attached hydrogen (secondary N) is 1. The highest BCUT2D eigenvalue weighted by Crippen LogP contribution is 2.06. The van der Waals surface area contributed by atoms with Gasteiger partial charge < -0.3 is 16.0 Å². The summed E-state index contributed by atoms with van der Waals surface area (Å²) in [5, 5.41) is 2.49. The summed E-state index contributed by atoms with van der Waals surface area (Å²) in [7, 11) is 0. The summed E-state index contributed by atoms with van der Waals surface area (Å²) in [6, 6.07) is 0. The van der Waals surface area contributed by atoms with E-state index < -0.39 is 0 Å². The van der Waals surface area contributed by atoms with Crippen molar-refractivity contribution in [2.24, 2.45) is 5.73 Å². The van der Waals surface area contributed by atoms with Crippen LogP contribution in [0.1, 0.15) is 19.3 Å². The van der Waals surface area contributed by atoms with Gasteiger partial charge >= 0.3 is 0 Å². The van der Waals surface area contributed by atoms with E-state index in [0.717, 1.165) is 25.9 Å². The number of amides is 2. The number of hydrogen-bond donors (Lipinski definition) is 2. The quantitative estimate of drug-likeness (QED) is 0.631. The van der Waals surface area contributed by atoms with Crippen LogP contribution in [0.25, 0.3) is 0 Å². The van der Waals surface area contributed by atoms with Crippen LogP contribution in [-0.2, 0) is 9.59 Å². The molecule has 1 aliphatic heterocycles. The standard InChI is InChI=1S/C9H15N3O2S/c10-7(15)5-8(13)11-6-9(14)12-3-1-2-4-12/h1-6H2,(H2,10,15)(H,11,13). The van der Waals surface area contributed by atoms with E-state index in [9.17, 15) is 9.59 Å². The molecular weight excluding hydrogens is 214 g/mol. The number of carbonyl (C=O) groups excluding carboxylic acids is 2. The topological polar surface area (TPSA) is 75.4 Å². The van der Waals surface area contributed by atoms with Crippen LogP contribution in [0.15, 0.2) is 0 Å². The Balaban J connectivity index is 2.21. The predicted octanol–water partition coefficient (Wildman–Crippen LogP) is -0.599. The first-order chi connectivity index (χ1) is 7.09. The number of carbonyl (C=O) groups is 2. The van der Waals surface area contributed by atoms with E-state index in [0.29, 0.717) is 0 Å². The SMILES string of the molecule is NC(=S)CC(=O)NCC(=O)N1CCCC1. The fraction of sp³-hybridized carbons (Fsp3) is 0.667. The Labute approximate surface area is 94.0 Å². The first-order valence-electron chi connectivity index (χ1n) is 4.92. The Kier molecular flexibility index (Phi) is 4.48. The van der Waals surface area contributed by atoms with Gasteiger partial charge in [-0.25, -0.2) is 0 Å². The molecule has 1 heterocycles. The Bertz CT molecular complexity index is 275. The van der Waals surface area contributed by atoms with E-state index in [1.165, 1.54) is 0 Å². The lowest BCUT2D eigenvalue weighted by atomic mass is 10.4. The summed E-state index contributed by atoms with van der Waals surface area (Å²) in [5.41, 5.74) is 5.20. The highest BCUT2D eigenvalue weighted by atomic mass is 32.1. The van der Waals surface area contributed by atoms with Crippen LogP contribution in [0.3, 0.4) is 0 Å². The van der Waals surface area contributed by atoms with Crippen LogP contribution in [0.4, 0.5) is 0 Å². The maximum Gasteiger partial charge on any atom is 0.241 e. The zero-order chi connectivity index (χ0) is 11.3. The summed E-state index contributed by atoms with van der Waals surface area (Å²) in [6.07, 6.45) is 2.10. The molecule has 0 radical (unpaired) electrons. The maximum atomic E-state index is 11.5. The van der Waals surface area contributed by atoms with Gasteiger partial charge in [0.2, 0.25) is 11.8 Å². The normalized spacial score (nSPS) is 15.1. The Morgan fingerprint density at radius 1 is 1.33 bits per heavy atom. The lowest BCUT2D eigenvalue weighted by Crippen LogP contribution is -2.39. The molecule has 0 aromatic carbocycles. The zero-order valence-electron chi connectivity index (χ0n) is 8.49. The highest BCUT2D eigenvalue weighted by molar-refractivity contribution is 7.80. The number of likely N-dealkylation sites (tertiary alicyclic amines) is 1. The summed E-state index contributed by atoms with van der Waals surface area (Å²) >= 11 is 4.58. The predicted molar refractivity (Wildman–Crippen MR) is 60.2 cm³/mol. The number of hydrogen-bond acceptors (Lipinski definition) is 3. The van der Waals surface area contributed by atoms with Crippen LogP contribution >= 0.6 is 12.2 Å². The van der Waals surface area contributed by atoms with Gasteiger partial charge in [-0.1, -0.05) is 12.2 Å². The van der Waals surface area contributed by atoms with Gasteiger partial charge in [0.1, 0.15) is 0 Å². The third-order valence-electron chi connectivity index (χ3n) is 2.23. The van der Waals surface area contributed by atoms with Crippen molar-refractivity contribution in [3.8, 4) is 0 Å². The summed E-state index contributed by atoms with van der Waals surface area (Å²) in [6.45, 7) is 1.63. The average Bonchev–Trinajstić information content (AvgIpc) is 2.65. The van der Waals surface area contributed by atoms with E-state index in [2.05, 4.69) is 17.5 Å². The van der Waals surface area contributed by atoms with Crippen LogP contribution in [-0.4, -0.2) is 41.3 Å². The monoisotopic (exact) mass is 229 g/mol. The van der Waals surface area contributed by atoms with Crippen molar-refractivity contribution in [2.45, 2.75) is 19.3 Å². The van der Waals surface area contributed by atoms with Gasteiger partial charge in [0.15, 0.2) is 0 Å². The summed E-state index contributed by atoms with van der Waals surface area (Å²) < 4.78 is 0. The second-order valence-electron chi connectivity index (χ2n) is 3.51. The molecule has 15 heavy (non-hydrogen) atoms. The van der Waals surface area contributed by atoms with Crippen LogP contribution < -0.4 is 11.1 Å². The van der Waals surface area contributed by atoms with Gasteiger partial charge in [-0.15, -0.1) is 0 Å². The van der Waals surface area contributed by atoms with E-state index >= 15 is 0 Å². The fourth-order valence-electron chi connectivity index (χ4n) is 1.47. The molecule has 5 nitrogen and oxygen atoms in total.